The van der Waals surface area contributed by atoms with Crippen molar-refractivity contribution in [3.63, 3.8) is 0 Å². The maximum absolute atomic E-state index is 10.7. The first kappa shape index (κ1) is 10.2. The summed E-state index contributed by atoms with van der Waals surface area (Å²) in [6.45, 7) is 0. The van der Waals surface area contributed by atoms with Gasteiger partial charge in [0.15, 0.2) is 0 Å². The average molecular weight is 221 g/mol. The second kappa shape index (κ2) is 4.49. The van der Waals surface area contributed by atoms with E-state index in [9.17, 15) is 4.79 Å². The molecule has 1 N–H and O–H groups in total. The van der Waals surface area contributed by atoms with Crippen molar-refractivity contribution < 1.29 is 9.90 Å². The van der Waals surface area contributed by atoms with Crippen LogP contribution in [0.5, 0.6) is 0 Å². The molecule has 2 rings (SSSR count). The molecule has 15 heavy (non-hydrogen) atoms. The van der Waals surface area contributed by atoms with E-state index in [0.29, 0.717) is 11.5 Å². The molecule has 0 radical (unpaired) electrons. The molecule has 1 unspecified atom stereocenters. The van der Waals surface area contributed by atoms with Gasteiger partial charge in [0.1, 0.15) is 11.1 Å². The third-order valence-electron chi connectivity index (χ3n) is 2.21. The Labute approximate surface area is 92.2 Å². The number of rotatable bonds is 3. The van der Waals surface area contributed by atoms with Crippen LogP contribution in [0.15, 0.2) is 35.3 Å². The normalized spacial score (nSPS) is 20.0. The highest BCUT2D eigenvalue weighted by Gasteiger charge is 2.22. The molecule has 0 amide bonds. The highest BCUT2D eigenvalue weighted by atomic mass is 32.2. The topological polar surface area (TPSA) is 49.7 Å². The number of aliphatic imine (C=N–C) groups is 1. The number of thioether (sulfide) groups is 1. The molecule has 0 saturated carbocycles. The summed E-state index contributed by atoms with van der Waals surface area (Å²) in [6.07, 6.45) is 0.808. The van der Waals surface area contributed by atoms with Crippen molar-refractivity contribution in [2.45, 2.75) is 11.8 Å². The zero-order valence-electron chi connectivity index (χ0n) is 8.09. The molecule has 0 spiro atoms. The van der Waals surface area contributed by atoms with Gasteiger partial charge in [0.25, 0.3) is 0 Å². The molecule has 1 aromatic carbocycles. The summed E-state index contributed by atoms with van der Waals surface area (Å²) in [5.74, 6) is -0.370. The third kappa shape index (κ3) is 2.59. The minimum atomic E-state index is -0.891. The summed E-state index contributed by atoms with van der Waals surface area (Å²) in [6, 6.07) is 10.0. The van der Waals surface area contributed by atoms with Crippen molar-refractivity contribution in [3.05, 3.63) is 35.9 Å². The molecule has 1 heterocycles. The Morgan fingerprint density at radius 2 is 2.20 bits per heavy atom. The quantitative estimate of drug-likeness (QED) is 0.847. The number of carboxylic acid groups (broad SMARTS) is 1. The Bertz CT molecular complexity index is 389. The van der Waals surface area contributed by atoms with Gasteiger partial charge < -0.3 is 5.11 Å². The van der Waals surface area contributed by atoms with Crippen LogP contribution in [0.25, 0.3) is 0 Å². The van der Waals surface area contributed by atoms with E-state index in [1.165, 1.54) is 5.56 Å². The average Bonchev–Trinajstić information content (AvgIpc) is 2.68. The van der Waals surface area contributed by atoms with E-state index in [-0.39, 0.29) is 5.37 Å². The first-order valence-corrected chi connectivity index (χ1v) is 5.76. The lowest BCUT2D eigenvalue weighted by atomic mass is 10.1. The van der Waals surface area contributed by atoms with Crippen LogP contribution in [0.1, 0.15) is 5.56 Å². The van der Waals surface area contributed by atoms with Crippen LogP contribution < -0.4 is 0 Å². The third-order valence-corrected chi connectivity index (χ3v) is 3.31. The van der Waals surface area contributed by atoms with Gasteiger partial charge in [0.2, 0.25) is 0 Å². The van der Waals surface area contributed by atoms with Crippen LogP contribution in [-0.4, -0.2) is 27.9 Å². The lowest BCUT2D eigenvalue weighted by Gasteiger charge is -2.04. The summed E-state index contributed by atoms with van der Waals surface area (Å²) in [5.41, 5.74) is 1.49. The van der Waals surface area contributed by atoms with E-state index >= 15 is 0 Å². The molecule has 1 aliphatic heterocycles. The lowest BCUT2D eigenvalue weighted by Crippen LogP contribution is -2.12. The predicted octanol–water partition coefficient (Wildman–Crippen LogP) is 1.83. The van der Waals surface area contributed by atoms with E-state index in [0.717, 1.165) is 6.42 Å². The van der Waals surface area contributed by atoms with Gasteiger partial charge in [-0.15, -0.1) is 11.8 Å². The smallest absolute Gasteiger partial charge is 0.350 e. The van der Waals surface area contributed by atoms with Gasteiger partial charge >= 0.3 is 5.97 Å². The van der Waals surface area contributed by atoms with Gasteiger partial charge in [-0.3, -0.25) is 4.99 Å². The van der Waals surface area contributed by atoms with E-state index in [4.69, 9.17) is 5.11 Å². The second-order valence-corrected chi connectivity index (χ2v) is 4.50. The Morgan fingerprint density at radius 1 is 1.47 bits per heavy atom. The maximum atomic E-state index is 10.7. The molecule has 0 aromatic heterocycles. The van der Waals surface area contributed by atoms with Crippen molar-refractivity contribution in [2.24, 2.45) is 4.99 Å². The molecule has 1 atom stereocenters. The Kier molecular flexibility index (Phi) is 3.06. The van der Waals surface area contributed by atoms with Crippen LogP contribution in [0.3, 0.4) is 0 Å². The molecular formula is C11H11NO2S. The van der Waals surface area contributed by atoms with Gasteiger partial charge in [-0.1, -0.05) is 30.3 Å². The number of carbonyl (C=O) groups is 1. The number of nitrogens with zero attached hydrogens (tertiary/aromatic N) is 1. The molecule has 4 heteroatoms. The number of hydrogen-bond acceptors (Lipinski definition) is 3. The fraction of sp³-hybridized carbons (Fsp3) is 0.273. The standard InChI is InChI=1S/C11H11NO2S/c13-11(14)9-7-15-10(12-9)6-8-4-2-1-3-5-8/h1-5,10H,6-7H2,(H,13,14). The molecule has 0 bridgehead atoms. The second-order valence-electron chi connectivity index (χ2n) is 3.34. The van der Waals surface area contributed by atoms with E-state index in [1.54, 1.807) is 11.8 Å². The van der Waals surface area contributed by atoms with Crippen LogP contribution in [0, 0.1) is 0 Å². The van der Waals surface area contributed by atoms with E-state index < -0.39 is 5.97 Å². The first-order chi connectivity index (χ1) is 7.25. The van der Waals surface area contributed by atoms with Crippen molar-refractivity contribution in [1.82, 2.24) is 0 Å². The fourth-order valence-electron chi connectivity index (χ4n) is 1.46. The molecule has 0 aliphatic carbocycles. The zero-order valence-corrected chi connectivity index (χ0v) is 8.91. The summed E-state index contributed by atoms with van der Waals surface area (Å²) in [5, 5.41) is 8.82. The van der Waals surface area contributed by atoms with Gasteiger partial charge in [-0.25, -0.2) is 4.79 Å². The monoisotopic (exact) mass is 221 g/mol. The number of benzene rings is 1. The summed E-state index contributed by atoms with van der Waals surface area (Å²) in [7, 11) is 0. The number of aliphatic carboxylic acids is 1. The Morgan fingerprint density at radius 3 is 2.80 bits per heavy atom. The van der Waals surface area contributed by atoms with Crippen LogP contribution >= 0.6 is 11.8 Å². The summed E-state index contributed by atoms with van der Waals surface area (Å²) >= 11 is 1.59. The van der Waals surface area contributed by atoms with Crippen LogP contribution in [-0.2, 0) is 11.2 Å². The van der Waals surface area contributed by atoms with Crippen molar-refractivity contribution in [2.75, 3.05) is 5.75 Å². The van der Waals surface area contributed by atoms with Crippen molar-refractivity contribution >= 4 is 23.4 Å². The largest absolute Gasteiger partial charge is 0.477 e. The van der Waals surface area contributed by atoms with E-state index in [1.807, 2.05) is 30.3 Å². The molecule has 3 nitrogen and oxygen atoms in total. The zero-order chi connectivity index (χ0) is 10.7. The lowest BCUT2D eigenvalue weighted by molar-refractivity contribution is -0.129. The molecular weight excluding hydrogens is 210 g/mol. The maximum Gasteiger partial charge on any atom is 0.350 e. The highest BCUT2D eigenvalue weighted by Crippen LogP contribution is 2.23. The van der Waals surface area contributed by atoms with Crippen LogP contribution in [0.4, 0.5) is 0 Å². The summed E-state index contributed by atoms with van der Waals surface area (Å²) < 4.78 is 0. The van der Waals surface area contributed by atoms with Gasteiger partial charge in [-0.2, -0.15) is 0 Å². The molecule has 0 saturated heterocycles. The fourth-order valence-corrected chi connectivity index (χ4v) is 2.52. The Hall–Kier alpha value is -1.29. The first-order valence-electron chi connectivity index (χ1n) is 4.71. The SMILES string of the molecule is O=C(O)C1=NC(Cc2ccccc2)SC1. The number of carboxylic acids is 1. The molecule has 1 aliphatic rings. The van der Waals surface area contributed by atoms with Gasteiger partial charge in [0.05, 0.1) is 0 Å². The van der Waals surface area contributed by atoms with Gasteiger partial charge in [0, 0.05) is 12.2 Å². The Balaban J connectivity index is 2.01. The molecule has 78 valence electrons. The highest BCUT2D eigenvalue weighted by molar-refractivity contribution is 8.01. The molecule has 0 fully saturated rings. The molecule has 1 aromatic rings. The minimum Gasteiger partial charge on any atom is -0.477 e. The predicted molar refractivity (Wildman–Crippen MR) is 61.5 cm³/mol. The van der Waals surface area contributed by atoms with E-state index in [2.05, 4.69) is 4.99 Å². The minimum absolute atomic E-state index is 0.0681. The van der Waals surface area contributed by atoms with Crippen molar-refractivity contribution in [3.8, 4) is 0 Å². The number of hydrogen-bond donors (Lipinski definition) is 1. The van der Waals surface area contributed by atoms with Crippen molar-refractivity contribution in [1.29, 1.82) is 0 Å². The van der Waals surface area contributed by atoms with Gasteiger partial charge in [-0.05, 0) is 5.56 Å². The summed E-state index contributed by atoms with van der Waals surface area (Å²) in [4.78, 5) is 14.8. The van der Waals surface area contributed by atoms with Crippen LogP contribution in [0.2, 0.25) is 0 Å².